The number of thioether (sulfide) groups is 1. The maximum absolute atomic E-state index is 13.1. The third-order valence-electron chi connectivity index (χ3n) is 5.05. The highest BCUT2D eigenvalue weighted by Crippen LogP contribution is 2.26. The number of imidazole rings is 1. The highest BCUT2D eigenvalue weighted by atomic mass is 32.2. The maximum Gasteiger partial charge on any atom is 0.573 e. The number of hydrogen-bond acceptors (Lipinski definition) is 5. The van der Waals surface area contributed by atoms with E-state index in [9.17, 15) is 22.4 Å². The molecule has 1 N–H and O–H groups in total. The maximum atomic E-state index is 13.1. The first kappa shape index (κ1) is 24.5. The van der Waals surface area contributed by atoms with Crippen LogP contribution in [-0.4, -0.2) is 32.6 Å². The lowest BCUT2D eigenvalue weighted by Gasteiger charge is -2.14. The number of nitrogens with zero attached hydrogens (tertiary/aromatic N) is 3. The molecule has 0 radical (unpaired) electrons. The minimum Gasteiger partial charge on any atom is -0.406 e. The number of carbonyl (C=O) groups is 1. The number of benzene rings is 2. The molecular weight excluding hydrogens is 484 g/mol. The summed E-state index contributed by atoms with van der Waals surface area (Å²) in [4.78, 5) is 21.5. The predicted octanol–water partition coefficient (Wildman–Crippen LogP) is 5.49. The summed E-state index contributed by atoms with van der Waals surface area (Å²) in [6, 6.07) is 14.7. The number of pyridine rings is 1. The third kappa shape index (κ3) is 6.50. The molecule has 11 heteroatoms. The molecule has 1 atom stereocenters. The van der Waals surface area contributed by atoms with Crippen LogP contribution in [0, 0.1) is 5.82 Å². The number of rotatable bonds is 8. The van der Waals surface area contributed by atoms with Gasteiger partial charge in [-0.05, 0) is 54.4 Å². The van der Waals surface area contributed by atoms with E-state index in [2.05, 4.69) is 20.0 Å². The van der Waals surface area contributed by atoms with Crippen molar-refractivity contribution >= 4 is 28.8 Å². The molecule has 0 bridgehead atoms. The van der Waals surface area contributed by atoms with Gasteiger partial charge in [0.15, 0.2) is 10.8 Å². The fraction of sp³-hybridized carbons (Fsp3) is 0.208. The van der Waals surface area contributed by atoms with E-state index in [4.69, 9.17) is 0 Å². The molecule has 2 heterocycles. The molecule has 0 aliphatic heterocycles. The Labute approximate surface area is 202 Å². The number of amides is 1. The summed E-state index contributed by atoms with van der Waals surface area (Å²) in [5.41, 5.74) is 2.71. The highest BCUT2D eigenvalue weighted by Gasteiger charge is 2.31. The zero-order chi connectivity index (χ0) is 25.0. The van der Waals surface area contributed by atoms with Gasteiger partial charge in [0.25, 0.3) is 0 Å². The highest BCUT2D eigenvalue weighted by molar-refractivity contribution is 7.99. The largest absolute Gasteiger partial charge is 0.573 e. The predicted molar refractivity (Wildman–Crippen MR) is 123 cm³/mol. The van der Waals surface area contributed by atoms with Crippen LogP contribution >= 0.6 is 11.8 Å². The van der Waals surface area contributed by atoms with Gasteiger partial charge in [0.05, 0.1) is 18.3 Å². The Kier molecular flexibility index (Phi) is 7.25. The molecule has 0 aliphatic rings. The summed E-state index contributed by atoms with van der Waals surface area (Å²) >= 11 is 1.22. The summed E-state index contributed by atoms with van der Waals surface area (Å²) in [5.74, 6) is -0.811. The van der Waals surface area contributed by atoms with Gasteiger partial charge >= 0.3 is 6.36 Å². The average Bonchev–Trinajstić information content (AvgIpc) is 3.16. The minimum absolute atomic E-state index is 0.0766. The van der Waals surface area contributed by atoms with E-state index in [1.807, 2.05) is 0 Å². The van der Waals surface area contributed by atoms with Gasteiger partial charge in [-0.25, -0.2) is 14.4 Å². The van der Waals surface area contributed by atoms with Crippen molar-refractivity contribution < 1.29 is 27.1 Å². The summed E-state index contributed by atoms with van der Waals surface area (Å²) in [6.07, 6.45) is -3.14. The van der Waals surface area contributed by atoms with Crippen molar-refractivity contribution in [2.45, 2.75) is 31.0 Å². The van der Waals surface area contributed by atoms with Crippen molar-refractivity contribution in [1.82, 2.24) is 19.9 Å². The summed E-state index contributed by atoms with van der Waals surface area (Å²) < 4.78 is 56.1. The molecule has 4 aromatic rings. The zero-order valence-corrected chi connectivity index (χ0v) is 19.2. The van der Waals surface area contributed by atoms with Crippen LogP contribution < -0.4 is 10.1 Å². The first-order valence-corrected chi connectivity index (χ1v) is 11.5. The third-order valence-corrected chi connectivity index (χ3v) is 6.02. The van der Waals surface area contributed by atoms with Crippen LogP contribution in [0.4, 0.5) is 17.6 Å². The SMILES string of the molecule is CC(NC(=O)CSc1nc2cccnc2n1Cc1ccc(OC(F)(F)F)cc1)c1ccc(F)cc1. The fourth-order valence-electron chi connectivity index (χ4n) is 3.42. The second kappa shape index (κ2) is 10.3. The van der Waals surface area contributed by atoms with E-state index in [1.54, 1.807) is 42.0 Å². The Morgan fingerprint density at radius 2 is 1.83 bits per heavy atom. The topological polar surface area (TPSA) is 69.0 Å². The number of halogens is 4. The second-order valence-electron chi connectivity index (χ2n) is 7.65. The lowest BCUT2D eigenvalue weighted by molar-refractivity contribution is -0.274. The molecule has 0 spiro atoms. The van der Waals surface area contributed by atoms with Crippen LogP contribution in [0.15, 0.2) is 72.0 Å². The smallest absolute Gasteiger partial charge is 0.406 e. The number of fused-ring (bicyclic) bond motifs is 1. The van der Waals surface area contributed by atoms with E-state index in [0.29, 0.717) is 21.9 Å². The molecule has 35 heavy (non-hydrogen) atoms. The number of hydrogen-bond donors (Lipinski definition) is 1. The number of alkyl halides is 3. The molecule has 0 fully saturated rings. The molecule has 1 amide bonds. The Balaban J connectivity index is 1.46. The Bertz CT molecular complexity index is 1310. The van der Waals surface area contributed by atoms with Crippen LogP contribution in [0.1, 0.15) is 24.1 Å². The molecule has 182 valence electrons. The van der Waals surface area contributed by atoms with E-state index < -0.39 is 6.36 Å². The molecule has 1 unspecified atom stereocenters. The van der Waals surface area contributed by atoms with Crippen molar-refractivity contribution in [3.05, 3.63) is 83.8 Å². The second-order valence-corrected chi connectivity index (χ2v) is 8.59. The number of carbonyl (C=O) groups excluding carboxylic acids is 1. The van der Waals surface area contributed by atoms with Crippen LogP contribution in [0.25, 0.3) is 11.2 Å². The van der Waals surface area contributed by atoms with Gasteiger partial charge < -0.3 is 10.1 Å². The number of nitrogens with one attached hydrogen (secondary N) is 1. The minimum atomic E-state index is -4.76. The van der Waals surface area contributed by atoms with Crippen molar-refractivity contribution in [3.8, 4) is 5.75 Å². The van der Waals surface area contributed by atoms with Gasteiger partial charge in [-0.2, -0.15) is 0 Å². The molecular formula is C24H20F4N4O2S. The van der Waals surface area contributed by atoms with E-state index >= 15 is 0 Å². The zero-order valence-electron chi connectivity index (χ0n) is 18.4. The molecule has 0 aliphatic carbocycles. The first-order chi connectivity index (χ1) is 16.7. The van der Waals surface area contributed by atoms with Crippen LogP contribution in [0.3, 0.4) is 0 Å². The average molecular weight is 505 g/mol. The van der Waals surface area contributed by atoms with Crippen LogP contribution in [-0.2, 0) is 11.3 Å². The van der Waals surface area contributed by atoms with Gasteiger partial charge in [0.1, 0.15) is 17.1 Å². The van der Waals surface area contributed by atoms with E-state index in [1.165, 1.54) is 48.2 Å². The number of aromatic nitrogens is 3. The fourth-order valence-corrected chi connectivity index (χ4v) is 4.23. The summed E-state index contributed by atoms with van der Waals surface area (Å²) in [5, 5.41) is 3.41. The van der Waals surface area contributed by atoms with Gasteiger partial charge in [-0.3, -0.25) is 9.36 Å². The monoisotopic (exact) mass is 504 g/mol. The molecule has 0 saturated carbocycles. The summed E-state index contributed by atoms with van der Waals surface area (Å²) in [6.45, 7) is 2.09. The molecule has 2 aromatic carbocycles. The summed E-state index contributed by atoms with van der Waals surface area (Å²) in [7, 11) is 0. The Morgan fingerprint density at radius 3 is 2.51 bits per heavy atom. The van der Waals surface area contributed by atoms with E-state index in [0.717, 1.165) is 5.56 Å². The van der Waals surface area contributed by atoms with Crippen molar-refractivity contribution in [1.29, 1.82) is 0 Å². The van der Waals surface area contributed by atoms with Gasteiger partial charge in [0.2, 0.25) is 5.91 Å². The van der Waals surface area contributed by atoms with Crippen molar-refractivity contribution in [2.24, 2.45) is 0 Å². The first-order valence-electron chi connectivity index (χ1n) is 10.5. The van der Waals surface area contributed by atoms with Crippen molar-refractivity contribution in [2.75, 3.05) is 5.75 Å². The van der Waals surface area contributed by atoms with Crippen molar-refractivity contribution in [3.63, 3.8) is 0 Å². The van der Waals surface area contributed by atoms with Gasteiger partial charge in [0, 0.05) is 6.20 Å². The standard InChI is InChI=1S/C24H20F4N4O2S/c1-15(17-6-8-18(25)9-7-17)30-21(33)14-35-23-31-20-3-2-12-29-22(20)32(23)13-16-4-10-19(11-5-16)34-24(26,27)28/h2-12,15H,13-14H2,1H3,(H,30,33). The molecule has 4 rings (SSSR count). The van der Waals surface area contributed by atoms with E-state index in [-0.39, 0.29) is 35.8 Å². The lowest BCUT2D eigenvalue weighted by atomic mass is 10.1. The quantitative estimate of drug-likeness (QED) is 0.254. The Hall–Kier alpha value is -3.60. The van der Waals surface area contributed by atoms with Crippen LogP contribution in [0.5, 0.6) is 5.75 Å². The Morgan fingerprint density at radius 1 is 1.11 bits per heavy atom. The van der Waals surface area contributed by atoms with Gasteiger partial charge in [-0.1, -0.05) is 36.0 Å². The van der Waals surface area contributed by atoms with Gasteiger partial charge in [-0.15, -0.1) is 13.2 Å². The molecule has 6 nitrogen and oxygen atoms in total. The lowest BCUT2D eigenvalue weighted by Crippen LogP contribution is -2.28. The normalized spacial score (nSPS) is 12.5. The molecule has 0 saturated heterocycles. The van der Waals surface area contributed by atoms with Crippen LogP contribution in [0.2, 0.25) is 0 Å². The molecule has 2 aromatic heterocycles. The number of ether oxygens (including phenoxy) is 1.